The number of hydrogen-bond donors (Lipinski definition) is 2. The molecule has 0 bridgehead atoms. The maximum Gasteiger partial charge on any atom is 0.250 e. The zero-order chi connectivity index (χ0) is 22.0. The van der Waals surface area contributed by atoms with Gasteiger partial charge in [0.1, 0.15) is 0 Å². The molecule has 1 heterocycles. The van der Waals surface area contributed by atoms with Gasteiger partial charge < -0.3 is 10.8 Å². The van der Waals surface area contributed by atoms with Gasteiger partial charge in [-0.1, -0.05) is 13.8 Å². The summed E-state index contributed by atoms with van der Waals surface area (Å²) in [7, 11) is 0. The maximum absolute atomic E-state index is 11.6. The molecule has 1 aromatic rings. The lowest BCUT2D eigenvalue weighted by Crippen LogP contribution is -2.53. The number of fused-ring (bicyclic) bond motifs is 5. The van der Waals surface area contributed by atoms with E-state index in [1.54, 1.807) is 6.20 Å². The van der Waals surface area contributed by atoms with Gasteiger partial charge in [0.05, 0.1) is 11.7 Å². The summed E-state index contributed by atoms with van der Waals surface area (Å²) in [6, 6.07) is 1.98. The molecular formula is C27H40N2O2. The Hall–Kier alpha value is -1.42. The van der Waals surface area contributed by atoms with Gasteiger partial charge in [-0.25, -0.2) is 0 Å². The van der Waals surface area contributed by atoms with Crippen LogP contribution in [-0.2, 0) is 0 Å². The second kappa shape index (κ2) is 7.57. The monoisotopic (exact) mass is 424 g/mol. The standard InChI is InChI=1S/C27H40N2O2/c1-16(30)22-6-7-23-21-5-4-20-13-17(18-12-19(25(28)31)15-29-14-18)8-10-26(20,2)24(21)9-11-27(22,23)3/h12,14-17,20-24,30H,4-11,13H2,1-3H3,(H2,28,31)/t16?,17?,20?,21-,22+,23-,24-,26-,27+/m0/s1. The average Bonchev–Trinajstić information content (AvgIpc) is 3.10. The van der Waals surface area contributed by atoms with Crippen LogP contribution < -0.4 is 5.73 Å². The van der Waals surface area contributed by atoms with Crippen LogP contribution in [0.3, 0.4) is 0 Å². The molecule has 1 amide bonds. The quantitative estimate of drug-likeness (QED) is 0.691. The summed E-state index contributed by atoms with van der Waals surface area (Å²) in [5.41, 5.74) is 8.02. The van der Waals surface area contributed by atoms with Crippen LogP contribution in [0, 0.1) is 40.4 Å². The van der Waals surface area contributed by atoms with Crippen molar-refractivity contribution in [1.29, 1.82) is 0 Å². The molecule has 0 aromatic carbocycles. The Morgan fingerprint density at radius 2 is 1.81 bits per heavy atom. The van der Waals surface area contributed by atoms with Crippen molar-refractivity contribution in [3.8, 4) is 0 Å². The van der Waals surface area contributed by atoms with Crippen LogP contribution >= 0.6 is 0 Å². The van der Waals surface area contributed by atoms with Crippen molar-refractivity contribution in [2.24, 2.45) is 46.2 Å². The fraction of sp³-hybridized carbons (Fsp3) is 0.778. The predicted molar refractivity (Wildman–Crippen MR) is 122 cm³/mol. The molecule has 4 aliphatic rings. The van der Waals surface area contributed by atoms with Crippen LogP contribution in [0.4, 0.5) is 0 Å². The third-order valence-electron chi connectivity index (χ3n) is 10.8. The molecule has 3 N–H and O–H groups in total. The van der Waals surface area contributed by atoms with Crippen LogP contribution in [0.5, 0.6) is 0 Å². The largest absolute Gasteiger partial charge is 0.393 e. The lowest BCUT2D eigenvalue weighted by atomic mass is 9.44. The molecule has 5 rings (SSSR count). The summed E-state index contributed by atoms with van der Waals surface area (Å²) in [6.45, 7) is 7.13. The first kappa shape index (κ1) is 21.4. The van der Waals surface area contributed by atoms with Gasteiger partial charge in [0.15, 0.2) is 0 Å². The van der Waals surface area contributed by atoms with E-state index in [0.717, 1.165) is 23.7 Å². The molecule has 4 aliphatic carbocycles. The molecule has 170 valence electrons. The number of aromatic nitrogens is 1. The first-order chi connectivity index (χ1) is 14.7. The molecule has 4 heteroatoms. The third kappa shape index (κ3) is 3.27. The van der Waals surface area contributed by atoms with Gasteiger partial charge in [-0.05, 0) is 123 Å². The molecule has 0 spiro atoms. The first-order valence-corrected chi connectivity index (χ1v) is 12.7. The number of rotatable bonds is 3. The van der Waals surface area contributed by atoms with Crippen LogP contribution in [-0.4, -0.2) is 22.1 Å². The van der Waals surface area contributed by atoms with E-state index in [9.17, 15) is 9.90 Å². The molecule has 0 radical (unpaired) electrons. The molecule has 9 atom stereocenters. The fourth-order valence-electron chi connectivity index (χ4n) is 9.21. The Balaban J connectivity index is 1.35. The normalized spacial score (nSPS) is 45.3. The molecular weight excluding hydrogens is 384 g/mol. The molecule has 4 fully saturated rings. The molecule has 0 saturated heterocycles. The minimum absolute atomic E-state index is 0.168. The van der Waals surface area contributed by atoms with Crippen molar-refractivity contribution < 1.29 is 9.90 Å². The number of primary amides is 1. The molecule has 1 aromatic heterocycles. The van der Waals surface area contributed by atoms with Gasteiger partial charge in [-0.3, -0.25) is 9.78 Å². The highest BCUT2D eigenvalue weighted by molar-refractivity contribution is 5.92. The van der Waals surface area contributed by atoms with E-state index in [4.69, 9.17) is 5.73 Å². The van der Waals surface area contributed by atoms with E-state index in [1.807, 2.05) is 19.2 Å². The topological polar surface area (TPSA) is 76.2 Å². The highest BCUT2D eigenvalue weighted by atomic mass is 16.3. The lowest BCUT2D eigenvalue weighted by molar-refractivity contribution is -0.120. The molecule has 0 aliphatic heterocycles. The Morgan fingerprint density at radius 1 is 1.06 bits per heavy atom. The number of hydrogen-bond acceptors (Lipinski definition) is 3. The van der Waals surface area contributed by atoms with Crippen LogP contribution in [0.15, 0.2) is 18.5 Å². The Morgan fingerprint density at radius 3 is 2.55 bits per heavy atom. The summed E-state index contributed by atoms with van der Waals surface area (Å²) in [6.07, 6.45) is 15.0. The number of nitrogens with two attached hydrogens (primary N) is 1. The van der Waals surface area contributed by atoms with Gasteiger partial charge in [-0.15, -0.1) is 0 Å². The molecule has 4 saturated carbocycles. The minimum atomic E-state index is -0.382. The number of amides is 1. The van der Waals surface area contributed by atoms with Crippen molar-refractivity contribution in [1.82, 2.24) is 4.98 Å². The van der Waals surface area contributed by atoms with E-state index < -0.39 is 0 Å². The van der Waals surface area contributed by atoms with E-state index in [2.05, 4.69) is 18.8 Å². The van der Waals surface area contributed by atoms with Gasteiger partial charge in [0, 0.05) is 12.4 Å². The van der Waals surface area contributed by atoms with Crippen molar-refractivity contribution in [3.63, 3.8) is 0 Å². The highest BCUT2D eigenvalue weighted by Gasteiger charge is 2.60. The summed E-state index contributed by atoms with van der Waals surface area (Å²) in [5.74, 6) is 3.87. The molecule has 4 nitrogen and oxygen atoms in total. The summed E-state index contributed by atoms with van der Waals surface area (Å²) >= 11 is 0. The summed E-state index contributed by atoms with van der Waals surface area (Å²) in [4.78, 5) is 15.9. The second-order valence-electron chi connectivity index (χ2n) is 12.0. The van der Waals surface area contributed by atoms with Crippen LogP contribution in [0.1, 0.15) is 100 Å². The number of aliphatic hydroxyl groups excluding tert-OH is 1. The van der Waals surface area contributed by atoms with Crippen molar-refractivity contribution >= 4 is 5.91 Å². The number of nitrogens with zero attached hydrogens (tertiary/aromatic N) is 1. The van der Waals surface area contributed by atoms with E-state index >= 15 is 0 Å². The first-order valence-electron chi connectivity index (χ1n) is 12.7. The summed E-state index contributed by atoms with van der Waals surface area (Å²) < 4.78 is 0. The fourth-order valence-corrected chi connectivity index (χ4v) is 9.21. The number of pyridine rings is 1. The number of carbonyl (C=O) groups is 1. The predicted octanol–water partition coefficient (Wildman–Crippen LogP) is 5.30. The number of aliphatic hydroxyl groups is 1. The molecule has 31 heavy (non-hydrogen) atoms. The van der Waals surface area contributed by atoms with Crippen LogP contribution in [0.2, 0.25) is 0 Å². The van der Waals surface area contributed by atoms with Gasteiger partial charge in [0.2, 0.25) is 5.91 Å². The van der Waals surface area contributed by atoms with E-state index in [0.29, 0.717) is 28.2 Å². The highest BCUT2D eigenvalue weighted by Crippen LogP contribution is 2.68. The van der Waals surface area contributed by atoms with Gasteiger partial charge in [0.25, 0.3) is 0 Å². The smallest absolute Gasteiger partial charge is 0.250 e. The second-order valence-corrected chi connectivity index (χ2v) is 12.0. The Bertz CT molecular complexity index is 853. The van der Waals surface area contributed by atoms with E-state index in [1.165, 1.54) is 63.4 Å². The average molecular weight is 425 g/mol. The van der Waals surface area contributed by atoms with Crippen molar-refractivity contribution in [2.45, 2.75) is 90.6 Å². The lowest BCUT2D eigenvalue weighted by Gasteiger charge is -2.61. The van der Waals surface area contributed by atoms with Crippen LogP contribution in [0.25, 0.3) is 0 Å². The number of carbonyl (C=O) groups excluding carboxylic acids is 1. The Kier molecular flexibility index (Phi) is 5.23. The van der Waals surface area contributed by atoms with Gasteiger partial charge >= 0.3 is 0 Å². The maximum atomic E-state index is 11.6. The van der Waals surface area contributed by atoms with Crippen molar-refractivity contribution in [3.05, 3.63) is 29.6 Å². The molecule has 3 unspecified atom stereocenters. The SMILES string of the molecule is CC(O)[C@H]1CC[C@H]2[C@@H]3CCC4CC(c5cncc(C(N)=O)c5)CC[C@]4(C)[C@H]3CC[C@]12C. The van der Waals surface area contributed by atoms with Gasteiger partial charge in [-0.2, -0.15) is 0 Å². The zero-order valence-corrected chi connectivity index (χ0v) is 19.5. The Labute approximate surface area is 187 Å². The summed E-state index contributed by atoms with van der Waals surface area (Å²) in [5, 5.41) is 10.4. The zero-order valence-electron chi connectivity index (χ0n) is 19.5. The minimum Gasteiger partial charge on any atom is -0.393 e. The third-order valence-corrected chi connectivity index (χ3v) is 10.8. The van der Waals surface area contributed by atoms with E-state index in [-0.39, 0.29) is 12.0 Å². The van der Waals surface area contributed by atoms with Crippen molar-refractivity contribution in [2.75, 3.05) is 0 Å².